The standard InChI is InChI=1S/C11H17NO/c1-9(8-12)5-6-10-3-2-4-11(13)7-10/h2-4,7,9,13H,5-6,8,12H2,1H3. The van der Waals surface area contributed by atoms with Gasteiger partial charge in [0, 0.05) is 0 Å². The number of hydrogen-bond donors (Lipinski definition) is 2. The van der Waals surface area contributed by atoms with Crippen molar-refractivity contribution in [2.45, 2.75) is 19.8 Å². The Bertz CT molecular complexity index is 260. The molecule has 1 unspecified atom stereocenters. The van der Waals surface area contributed by atoms with Gasteiger partial charge in [-0.15, -0.1) is 0 Å². The van der Waals surface area contributed by atoms with Gasteiger partial charge in [0.1, 0.15) is 5.75 Å². The van der Waals surface area contributed by atoms with Gasteiger partial charge in [-0.25, -0.2) is 0 Å². The smallest absolute Gasteiger partial charge is 0.115 e. The van der Waals surface area contributed by atoms with Gasteiger partial charge in [-0.1, -0.05) is 19.1 Å². The minimum atomic E-state index is 0.345. The van der Waals surface area contributed by atoms with Gasteiger partial charge in [0.15, 0.2) is 0 Å². The van der Waals surface area contributed by atoms with Crippen molar-refractivity contribution < 1.29 is 5.11 Å². The summed E-state index contributed by atoms with van der Waals surface area (Å²) < 4.78 is 0. The number of phenols is 1. The van der Waals surface area contributed by atoms with Crippen LogP contribution in [0.5, 0.6) is 5.75 Å². The molecule has 1 aromatic rings. The van der Waals surface area contributed by atoms with Crippen LogP contribution in [0.25, 0.3) is 0 Å². The Morgan fingerprint density at radius 1 is 1.46 bits per heavy atom. The highest BCUT2D eigenvalue weighted by atomic mass is 16.3. The molecule has 1 aromatic carbocycles. The molecule has 0 saturated carbocycles. The molecule has 0 aliphatic heterocycles. The summed E-state index contributed by atoms with van der Waals surface area (Å²) in [7, 11) is 0. The summed E-state index contributed by atoms with van der Waals surface area (Å²) in [6, 6.07) is 7.40. The van der Waals surface area contributed by atoms with Crippen LogP contribution in [0.15, 0.2) is 24.3 Å². The quantitative estimate of drug-likeness (QED) is 0.741. The molecule has 0 saturated heterocycles. The lowest BCUT2D eigenvalue weighted by Gasteiger charge is -2.07. The maximum absolute atomic E-state index is 9.21. The van der Waals surface area contributed by atoms with E-state index in [1.54, 1.807) is 6.07 Å². The zero-order chi connectivity index (χ0) is 9.68. The third-order valence-electron chi connectivity index (χ3n) is 2.24. The molecule has 0 fully saturated rings. The van der Waals surface area contributed by atoms with Crippen molar-refractivity contribution in [1.29, 1.82) is 0 Å². The largest absolute Gasteiger partial charge is 0.508 e. The zero-order valence-electron chi connectivity index (χ0n) is 8.03. The van der Waals surface area contributed by atoms with Gasteiger partial charge in [0.05, 0.1) is 0 Å². The lowest BCUT2D eigenvalue weighted by Crippen LogP contribution is -2.11. The number of aryl methyl sites for hydroxylation is 1. The summed E-state index contributed by atoms with van der Waals surface area (Å²) in [5.41, 5.74) is 6.70. The Labute approximate surface area is 79.4 Å². The molecule has 0 heterocycles. The van der Waals surface area contributed by atoms with Crippen LogP contribution < -0.4 is 5.73 Å². The second kappa shape index (κ2) is 4.87. The van der Waals surface area contributed by atoms with E-state index in [1.165, 1.54) is 5.56 Å². The van der Waals surface area contributed by atoms with Crippen LogP contribution in [0.2, 0.25) is 0 Å². The fourth-order valence-corrected chi connectivity index (χ4v) is 1.24. The number of hydrogen-bond acceptors (Lipinski definition) is 2. The van der Waals surface area contributed by atoms with Gasteiger partial charge in [0.25, 0.3) is 0 Å². The number of nitrogens with two attached hydrogens (primary N) is 1. The van der Waals surface area contributed by atoms with Crippen molar-refractivity contribution in [2.24, 2.45) is 11.7 Å². The Kier molecular flexibility index (Phi) is 3.77. The van der Waals surface area contributed by atoms with Gasteiger partial charge >= 0.3 is 0 Å². The summed E-state index contributed by atoms with van der Waals surface area (Å²) in [5, 5.41) is 9.21. The molecule has 0 bridgehead atoms. The van der Waals surface area contributed by atoms with Crippen LogP contribution in [0.4, 0.5) is 0 Å². The predicted molar refractivity (Wildman–Crippen MR) is 54.6 cm³/mol. The third kappa shape index (κ3) is 3.47. The average Bonchev–Trinajstić information content (AvgIpc) is 2.14. The van der Waals surface area contributed by atoms with Crippen molar-refractivity contribution in [3.05, 3.63) is 29.8 Å². The van der Waals surface area contributed by atoms with Gasteiger partial charge < -0.3 is 10.8 Å². The maximum Gasteiger partial charge on any atom is 0.115 e. The molecule has 13 heavy (non-hydrogen) atoms. The first-order valence-electron chi connectivity index (χ1n) is 4.70. The fourth-order valence-electron chi connectivity index (χ4n) is 1.24. The Hall–Kier alpha value is -1.02. The van der Waals surface area contributed by atoms with E-state index in [9.17, 15) is 5.11 Å². The first kappa shape index (κ1) is 10.1. The van der Waals surface area contributed by atoms with Gasteiger partial charge in [-0.05, 0) is 43.0 Å². The highest BCUT2D eigenvalue weighted by Crippen LogP contribution is 2.14. The van der Waals surface area contributed by atoms with Crippen molar-refractivity contribution >= 4 is 0 Å². The zero-order valence-corrected chi connectivity index (χ0v) is 8.03. The van der Waals surface area contributed by atoms with E-state index in [4.69, 9.17) is 5.73 Å². The van der Waals surface area contributed by atoms with E-state index in [1.807, 2.05) is 18.2 Å². The topological polar surface area (TPSA) is 46.2 Å². The third-order valence-corrected chi connectivity index (χ3v) is 2.24. The molecule has 1 rings (SSSR count). The molecule has 0 aromatic heterocycles. The molecule has 2 heteroatoms. The molecule has 1 atom stereocenters. The number of aromatic hydroxyl groups is 1. The highest BCUT2D eigenvalue weighted by molar-refractivity contribution is 5.27. The molecule has 0 aliphatic carbocycles. The predicted octanol–water partition coefficient (Wildman–Crippen LogP) is 1.92. The van der Waals surface area contributed by atoms with Gasteiger partial charge in [0.2, 0.25) is 0 Å². The van der Waals surface area contributed by atoms with Crippen LogP contribution in [-0.4, -0.2) is 11.7 Å². The van der Waals surface area contributed by atoms with E-state index in [0.717, 1.165) is 19.4 Å². The first-order chi connectivity index (χ1) is 6.22. The summed E-state index contributed by atoms with van der Waals surface area (Å²) >= 11 is 0. The van der Waals surface area contributed by atoms with E-state index in [2.05, 4.69) is 6.92 Å². The van der Waals surface area contributed by atoms with Gasteiger partial charge in [-0.2, -0.15) is 0 Å². The molecule has 2 nitrogen and oxygen atoms in total. The molecular weight excluding hydrogens is 162 g/mol. The highest BCUT2D eigenvalue weighted by Gasteiger charge is 2.00. The second-order valence-corrected chi connectivity index (χ2v) is 3.55. The van der Waals surface area contributed by atoms with Crippen molar-refractivity contribution in [3.63, 3.8) is 0 Å². The summed E-state index contributed by atoms with van der Waals surface area (Å²) in [6.45, 7) is 2.88. The maximum atomic E-state index is 9.21. The molecule has 3 N–H and O–H groups in total. The molecule has 0 spiro atoms. The first-order valence-corrected chi connectivity index (χ1v) is 4.70. The molecule has 0 radical (unpaired) electrons. The average molecular weight is 179 g/mol. The number of rotatable bonds is 4. The summed E-state index contributed by atoms with van der Waals surface area (Å²) in [6.07, 6.45) is 2.08. The lowest BCUT2D eigenvalue weighted by atomic mass is 10.0. The summed E-state index contributed by atoms with van der Waals surface area (Å²) in [5.74, 6) is 0.903. The van der Waals surface area contributed by atoms with E-state index >= 15 is 0 Å². The van der Waals surface area contributed by atoms with Crippen LogP contribution in [0.3, 0.4) is 0 Å². The Morgan fingerprint density at radius 2 is 2.23 bits per heavy atom. The lowest BCUT2D eigenvalue weighted by molar-refractivity contribution is 0.473. The normalized spacial score (nSPS) is 12.8. The SMILES string of the molecule is CC(CN)CCc1cccc(O)c1. The van der Waals surface area contributed by atoms with Crippen LogP contribution >= 0.6 is 0 Å². The Balaban J connectivity index is 2.45. The fraction of sp³-hybridized carbons (Fsp3) is 0.455. The minimum Gasteiger partial charge on any atom is -0.508 e. The Morgan fingerprint density at radius 3 is 2.85 bits per heavy atom. The van der Waals surface area contributed by atoms with E-state index in [0.29, 0.717) is 11.7 Å². The molecular formula is C11H17NO. The van der Waals surface area contributed by atoms with Crippen molar-refractivity contribution in [3.8, 4) is 5.75 Å². The van der Waals surface area contributed by atoms with Crippen LogP contribution in [0.1, 0.15) is 18.9 Å². The van der Waals surface area contributed by atoms with E-state index < -0.39 is 0 Å². The number of benzene rings is 1. The summed E-state index contributed by atoms with van der Waals surface area (Å²) in [4.78, 5) is 0. The number of phenolic OH excluding ortho intramolecular Hbond substituents is 1. The second-order valence-electron chi connectivity index (χ2n) is 3.55. The molecule has 72 valence electrons. The molecule has 0 amide bonds. The van der Waals surface area contributed by atoms with Gasteiger partial charge in [-0.3, -0.25) is 0 Å². The van der Waals surface area contributed by atoms with E-state index in [-0.39, 0.29) is 0 Å². The van der Waals surface area contributed by atoms with Crippen molar-refractivity contribution in [2.75, 3.05) is 6.54 Å². The minimum absolute atomic E-state index is 0.345. The van der Waals surface area contributed by atoms with Crippen LogP contribution in [0, 0.1) is 5.92 Å². The monoisotopic (exact) mass is 179 g/mol. The van der Waals surface area contributed by atoms with Crippen LogP contribution in [-0.2, 0) is 6.42 Å². The molecule has 0 aliphatic rings. The van der Waals surface area contributed by atoms with Crippen molar-refractivity contribution in [1.82, 2.24) is 0 Å².